The molecule has 4 rings (SSSR count). The summed E-state index contributed by atoms with van der Waals surface area (Å²) in [6.07, 6.45) is 0. The molecule has 0 fully saturated rings. The number of thiazole rings is 1. The summed E-state index contributed by atoms with van der Waals surface area (Å²) >= 11 is 1.25. The second-order valence-corrected chi connectivity index (χ2v) is 9.79. The number of nitro groups is 1. The highest BCUT2D eigenvalue weighted by Crippen LogP contribution is 2.39. The number of non-ortho nitro benzene ring substituents is 1. The number of halogens is 1. The van der Waals surface area contributed by atoms with E-state index >= 15 is 0 Å². The lowest BCUT2D eigenvalue weighted by atomic mass is 9.87. The fourth-order valence-electron chi connectivity index (χ4n) is 3.40. The monoisotopic (exact) mass is 475 g/mol. The Morgan fingerprint density at radius 3 is 2.09 bits per heavy atom. The zero-order chi connectivity index (χ0) is 24.5. The van der Waals surface area contributed by atoms with Crippen LogP contribution in [-0.4, -0.2) is 15.8 Å². The first kappa shape index (κ1) is 23.3. The van der Waals surface area contributed by atoms with E-state index in [4.69, 9.17) is 0 Å². The first-order chi connectivity index (χ1) is 16.1. The molecule has 4 aromatic rings. The Labute approximate surface area is 200 Å². The van der Waals surface area contributed by atoms with Gasteiger partial charge >= 0.3 is 0 Å². The van der Waals surface area contributed by atoms with Crippen molar-refractivity contribution in [3.8, 4) is 21.7 Å². The van der Waals surface area contributed by atoms with Gasteiger partial charge < -0.3 is 0 Å². The van der Waals surface area contributed by atoms with Crippen LogP contribution in [0.3, 0.4) is 0 Å². The summed E-state index contributed by atoms with van der Waals surface area (Å²) in [5.74, 6) is -0.668. The first-order valence-electron chi connectivity index (χ1n) is 10.6. The van der Waals surface area contributed by atoms with Gasteiger partial charge in [0.1, 0.15) is 5.82 Å². The van der Waals surface area contributed by atoms with Crippen LogP contribution in [0, 0.1) is 15.9 Å². The molecule has 0 saturated carbocycles. The van der Waals surface area contributed by atoms with Crippen LogP contribution in [0.5, 0.6) is 0 Å². The van der Waals surface area contributed by atoms with Gasteiger partial charge in [0.15, 0.2) is 5.13 Å². The number of benzene rings is 3. The molecule has 34 heavy (non-hydrogen) atoms. The fourth-order valence-corrected chi connectivity index (χ4v) is 4.39. The van der Waals surface area contributed by atoms with Gasteiger partial charge in [0.25, 0.3) is 11.6 Å². The summed E-state index contributed by atoms with van der Waals surface area (Å²) in [6, 6.07) is 19.4. The number of nitro benzene ring substituents is 1. The van der Waals surface area contributed by atoms with Gasteiger partial charge in [-0.15, -0.1) is 0 Å². The number of hydrogen-bond acceptors (Lipinski definition) is 5. The van der Waals surface area contributed by atoms with Crippen LogP contribution in [-0.2, 0) is 5.41 Å². The summed E-state index contributed by atoms with van der Waals surface area (Å²) in [5, 5.41) is 14.2. The highest BCUT2D eigenvalue weighted by Gasteiger charge is 2.19. The topological polar surface area (TPSA) is 85.1 Å². The molecule has 1 heterocycles. The standard InChI is InChI=1S/C26H22FN3O3S/c1-26(2,3)19-10-4-18(5-11-19)24(31)29-25-28-22(16-6-12-20(27)13-7-16)23(34-25)17-8-14-21(15-9-17)30(32)33/h4-15H,1-3H3,(H,28,29,31). The van der Waals surface area contributed by atoms with E-state index in [1.54, 1.807) is 36.4 Å². The molecule has 0 radical (unpaired) electrons. The van der Waals surface area contributed by atoms with Gasteiger partial charge in [0, 0.05) is 23.3 Å². The smallest absolute Gasteiger partial charge is 0.269 e. The number of amides is 1. The van der Waals surface area contributed by atoms with Crippen molar-refractivity contribution in [3.63, 3.8) is 0 Å². The third-order valence-electron chi connectivity index (χ3n) is 5.32. The van der Waals surface area contributed by atoms with Crippen LogP contribution in [0.4, 0.5) is 15.2 Å². The Bertz CT molecular complexity index is 1340. The Morgan fingerprint density at radius 2 is 1.53 bits per heavy atom. The number of carbonyl (C=O) groups excluding carboxylic acids is 1. The SMILES string of the molecule is CC(C)(C)c1ccc(C(=O)Nc2nc(-c3ccc(F)cc3)c(-c3ccc([N+](=O)[O-])cc3)s2)cc1. The van der Waals surface area contributed by atoms with Crippen molar-refractivity contribution in [2.75, 3.05) is 5.32 Å². The van der Waals surface area contributed by atoms with Crippen molar-refractivity contribution in [1.29, 1.82) is 0 Å². The number of nitrogens with zero attached hydrogens (tertiary/aromatic N) is 2. The molecule has 0 saturated heterocycles. The van der Waals surface area contributed by atoms with Gasteiger partial charge in [0.05, 0.1) is 15.5 Å². The molecule has 0 spiro atoms. The molecule has 1 amide bonds. The maximum absolute atomic E-state index is 13.5. The van der Waals surface area contributed by atoms with E-state index in [0.717, 1.165) is 5.56 Å². The quantitative estimate of drug-likeness (QED) is 0.247. The second-order valence-electron chi connectivity index (χ2n) is 8.79. The van der Waals surface area contributed by atoms with Gasteiger partial charge in [0.2, 0.25) is 0 Å². The van der Waals surface area contributed by atoms with E-state index in [0.29, 0.717) is 32.4 Å². The predicted octanol–water partition coefficient (Wildman–Crippen LogP) is 7.07. The summed E-state index contributed by atoms with van der Waals surface area (Å²) < 4.78 is 13.5. The van der Waals surface area contributed by atoms with Gasteiger partial charge in [-0.3, -0.25) is 20.2 Å². The van der Waals surface area contributed by atoms with Crippen LogP contribution in [0.1, 0.15) is 36.7 Å². The highest BCUT2D eigenvalue weighted by molar-refractivity contribution is 7.19. The van der Waals surface area contributed by atoms with E-state index in [9.17, 15) is 19.3 Å². The zero-order valence-electron chi connectivity index (χ0n) is 18.8. The fraction of sp³-hybridized carbons (Fsp3) is 0.154. The number of anilines is 1. The van der Waals surface area contributed by atoms with Gasteiger partial charge in [-0.25, -0.2) is 9.37 Å². The van der Waals surface area contributed by atoms with Crippen LogP contribution in [0.2, 0.25) is 0 Å². The van der Waals surface area contributed by atoms with Crippen LogP contribution < -0.4 is 5.32 Å². The third-order valence-corrected chi connectivity index (χ3v) is 6.34. The molecular formula is C26H22FN3O3S. The normalized spacial score (nSPS) is 11.3. The summed E-state index contributed by atoms with van der Waals surface area (Å²) in [6.45, 7) is 6.32. The van der Waals surface area contributed by atoms with Crippen LogP contribution in [0.15, 0.2) is 72.8 Å². The number of carbonyl (C=O) groups is 1. The molecule has 0 aliphatic rings. The lowest BCUT2D eigenvalue weighted by molar-refractivity contribution is -0.384. The maximum Gasteiger partial charge on any atom is 0.269 e. The zero-order valence-corrected chi connectivity index (χ0v) is 19.7. The molecule has 6 nitrogen and oxygen atoms in total. The Hall–Kier alpha value is -3.91. The maximum atomic E-state index is 13.5. The second kappa shape index (κ2) is 9.15. The predicted molar refractivity (Wildman–Crippen MR) is 133 cm³/mol. The molecular weight excluding hydrogens is 453 g/mol. The van der Waals surface area contributed by atoms with Crippen LogP contribution >= 0.6 is 11.3 Å². The minimum Gasteiger partial charge on any atom is -0.298 e. The van der Waals surface area contributed by atoms with E-state index < -0.39 is 4.92 Å². The Morgan fingerprint density at radius 1 is 0.941 bits per heavy atom. The molecule has 0 aliphatic carbocycles. The number of rotatable bonds is 5. The third kappa shape index (κ3) is 5.02. The molecule has 1 N–H and O–H groups in total. The Kier molecular flexibility index (Phi) is 6.26. The average Bonchev–Trinajstić information content (AvgIpc) is 3.22. The van der Waals surface area contributed by atoms with Gasteiger partial charge in [-0.05, 0) is 65.1 Å². The van der Waals surface area contributed by atoms with Crippen LogP contribution in [0.25, 0.3) is 21.7 Å². The van der Waals surface area contributed by atoms with Crippen molar-refractivity contribution in [1.82, 2.24) is 4.98 Å². The summed E-state index contributed by atoms with van der Waals surface area (Å²) in [4.78, 5) is 28.7. The van der Waals surface area contributed by atoms with Gasteiger partial charge in [-0.2, -0.15) is 0 Å². The summed E-state index contributed by atoms with van der Waals surface area (Å²) in [7, 11) is 0. The van der Waals surface area contributed by atoms with E-state index in [-0.39, 0.29) is 22.8 Å². The molecule has 8 heteroatoms. The molecule has 3 aromatic carbocycles. The molecule has 0 aliphatic heterocycles. The molecule has 0 atom stereocenters. The number of nitrogens with one attached hydrogen (secondary N) is 1. The summed E-state index contributed by atoms with van der Waals surface area (Å²) in [5.41, 5.74) is 3.51. The van der Waals surface area contributed by atoms with Crippen molar-refractivity contribution in [2.24, 2.45) is 0 Å². The lowest BCUT2D eigenvalue weighted by Gasteiger charge is -2.18. The van der Waals surface area contributed by atoms with Crippen molar-refractivity contribution in [3.05, 3.63) is 99.9 Å². The molecule has 172 valence electrons. The lowest BCUT2D eigenvalue weighted by Crippen LogP contribution is -2.14. The Balaban J connectivity index is 1.68. The number of aromatic nitrogens is 1. The highest BCUT2D eigenvalue weighted by atomic mass is 32.1. The average molecular weight is 476 g/mol. The minimum absolute atomic E-state index is 0.0198. The van der Waals surface area contributed by atoms with Gasteiger partial charge in [-0.1, -0.05) is 44.2 Å². The minimum atomic E-state index is -0.464. The van der Waals surface area contributed by atoms with Crippen molar-refractivity contribution < 1.29 is 14.1 Å². The van der Waals surface area contributed by atoms with E-state index in [2.05, 4.69) is 31.1 Å². The van der Waals surface area contributed by atoms with Crippen molar-refractivity contribution in [2.45, 2.75) is 26.2 Å². The number of hydrogen-bond donors (Lipinski definition) is 1. The molecule has 0 unspecified atom stereocenters. The first-order valence-corrected chi connectivity index (χ1v) is 11.4. The molecule has 1 aromatic heterocycles. The van der Waals surface area contributed by atoms with E-state index in [1.807, 2.05) is 12.1 Å². The molecule has 0 bridgehead atoms. The van der Waals surface area contributed by atoms with Crippen molar-refractivity contribution >= 4 is 28.1 Å². The largest absolute Gasteiger partial charge is 0.298 e. The van der Waals surface area contributed by atoms with E-state index in [1.165, 1.54) is 35.6 Å².